The smallest absolute Gasteiger partial charge is 0.100 e. The van der Waals surface area contributed by atoms with E-state index in [0.29, 0.717) is 0 Å². The van der Waals surface area contributed by atoms with Gasteiger partial charge in [0.25, 0.3) is 0 Å². The number of furan rings is 1. The molecule has 126 valence electrons. The Labute approximate surface area is 154 Å². The average molecular weight is 357 g/mol. The number of fused-ring (bicyclic) bond motifs is 1. The van der Waals surface area contributed by atoms with Gasteiger partial charge >= 0.3 is 0 Å². The summed E-state index contributed by atoms with van der Waals surface area (Å²) in [6.45, 7) is 2.03. The quantitative estimate of drug-likeness (QED) is 0.415. The number of rotatable bonds is 3. The highest BCUT2D eigenvalue weighted by Crippen LogP contribution is 2.28. The van der Waals surface area contributed by atoms with Crippen molar-refractivity contribution in [1.29, 1.82) is 0 Å². The van der Waals surface area contributed by atoms with Gasteiger partial charge in [-0.2, -0.15) is 0 Å². The van der Waals surface area contributed by atoms with E-state index in [-0.39, 0.29) is 0 Å². The lowest BCUT2D eigenvalue weighted by Crippen LogP contribution is -1.92. The Kier molecular flexibility index (Phi) is 3.47. The van der Waals surface area contributed by atoms with Gasteiger partial charge in [-0.3, -0.25) is 4.57 Å². The van der Waals surface area contributed by atoms with Gasteiger partial charge in [0.2, 0.25) is 0 Å². The van der Waals surface area contributed by atoms with Gasteiger partial charge < -0.3 is 4.42 Å². The van der Waals surface area contributed by atoms with E-state index >= 15 is 0 Å². The Bertz CT molecular complexity index is 1200. The highest BCUT2D eigenvalue weighted by molar-refractivity contribution is 7.09. The predicted molar refractivity (Wildman–Crippen MR) is 105 cm³/mol. The number of imidazole rings is 1. The zero-order valence-corrected chi connectivity index (χ0v) is 14.9. The molecule has 0 saturated heterocycles. The molecule has 0 amide bonds. The van der Waals surface area contributed by atoms with Gasteiger partial charge in [-0.15, -0.1) is 11.3 Å². The van der Waals surface area contributed by atoms with Crippen LogP contribution in [0.1, 0.15) is 5.01 Å². The van der Waals surface area contributed by atoms with Crippen molar-refractivity contribution in [2.24, 2.45) is 0 Å². The number of thiazole rings is 1. The maximum atomic E-state index is 5.18. The number of aromatic nitrogens is 3. The Balaban J connectivity index is 1.59. The molecule has 5 heteroatoms. The first-order chi connectivity index (χ1) is 12.8. The molecule has 0 atom stereocenters. The minimum atomic E-state index is 0.957. The zero-order chi connectivity index (χ0) is 17.5. The summed E-state index contributed by atoms with van der Waals surface area (Å²) in [5, 5.41) is 3.17. The minimum absolute atomic E-state index is 0.957. The third kappa shape index (κ3) is 2.53. The number of aryl methyl sites for hydroxylation is 1. The van der Waals surface area contributed by atoms with E-state index < -0.39 is 0 Å². The summed E-state index contributed by atoms with van der Waals surface area (Å²) in [5.41, 5.74) is 7.39. The lowest BCUT2D eigenvalue weighted by atomic mass is 10.1. The molecule has 0 fully saturated rings. The molecule has 2 aromatic carbocycles. The average Bonchev–Trinajstić information content (AvgIpc) is 3.41. The molecule has 0 saturated carbocycles. The fraction of sp³-hybridized carbons (Fsp3) is 0.0476. The van der Waals surface area contributed by atoms with E-state index in [9.17, 15) is 0 Å². The lowest BCUT2D eigenvalue weighted by molar-refractivity contribution is 0.568. The van der Waals surface area contributed by atoms with Crippen molar-refractivity contribution in [3.8, 4) is 28.1 Å². The molecule has 0 radical (unpaired) electrons. The fourth-order valence-corrected chi connectivity index (χ4v) is 3.76. The molecule has 3 heterocycles. The molecule has 3 aromatic heterocycles. The Morgan fingerprint density at radius 3 is 2.77 bits per heavy atom. The van der Waals surface area contributed by atoms with Gasteiger partial charge in [0.15, 0.2) is 0 Å². The van der Waals surface area contributed by atoms with Crippen LogP contribution in [0.4, 0.5) is 0 Å². The summed E-state index contributed by atoms with van der Waals surface area (Å²) in [4.78, 5) is 9.18. The third-order valence-corrected chi connectivity index (χ3v) is 5.21. The second-order valence-corrected chi connectivity index (χ2v) is 7.19. The summed E-state index contributed by atoms with van der Waals surface area (Å²) in [7, 11) is 0. The van der Waals surface area contributed by atoms with E-state index in [0.717, 1.165) is 44.1 Å². The summed E-state index contributed by atoms with van der Waals surface area (Å²) < 4.78 is 7.29. The first-order valence-electron chi connectivity index (χ1n) is 8.30. The van der Waals surface area contributed by atoms with Gasteiger partial charge in [0.05, 0.1) is 34.3 Å². The first-order valence-corrected chi connectivity index (χ1v) is 9.18. The largest absolute Gasteiger partial charge is 0.472 e. The van der Waals surface area contributed by atoms with Crippen molar-refractivity contribution in [3.63, 3.8) is 0 Å². The molecule has 0 aliphatic heterocycles. The highest BCUT2D eigenvalue weighted by Gasteiger charge is 2.09. The van der Waals surface area contributed by atoms with Crippen LogP contribution >= 0.6 is 11.3 Å². The number of benzene rings is 2. The van der Waals surface area contributed by atoms with Gasteiger partial charge in [-0.25, -0.2) is 9.97 Å². The zero-order valence-electron chi connectivity index (χ0n) is 14.1. The minimum Gasteiger partial charge on any atom is -0.472 e. The van der Waals surface area contributed by atoms with Crippen LogP contribution in [-0.4, -0.2) is 14.5 Å². The van der Waals surface area contributed by atoms with Crippen LogP contribution in [0.5, 0.6) is 0 Å². The van der Waals surface area contributed by atoms with Crippen molar-refractivity contribution in [2.45, 2.75) is 6.92 Å². The number of hydrogen-bond donors (Lipinski definition) is 0. The SMILES string of the molecule is Cc1nc(-c2cccc(-n3cnc4cc(-c5ccoc5)ccc43)c2)cs1. The topological polar surface area (TPSA) is 43.9 Å². The van der Waals surface area contributed by atoms with Gasteiger partial charge in [0, 0.05) is 22.2 Å². The van der Waals surface area contributed by atoms with E-state index in [1.54, 1.807) is 23.9 Å². The van der Waals surface area contributed by atoms with Crippen molar-refractivity contribution in [3.05, 3.63) is 77.8 Å². The van der Waals surface area contributed by atoms with Crippen molar-refractivity contribution < 1.29 is 4.42 Å². The summed E-state index contributed by atoms with van der Waals surface area (Å²) in [5.74, 6) is 0. The van der Waals surface area contributed by atoms with Crippen molar-refractivity contribution in [1.82, 2.24) is 14.5 Å². The van der Waals surface area contributed by atoms with Crippen LogP contribution < -0.4 is 0 Å². The monoisotopic (exact) mass is 357 g/mol. The van der Waals surface area contributed by atoms with E-state index in [1.165, 1.54) is 0 Å². The predicted octanol–water partition coefficient (Wildman–Crippen LogP) is 5.72. The fourth-order valence-electron chi connectivity index (χ4n) is 3.14. The second kappa shape index (κ2) is 5.97. The lowest BCUT2D eigenvalue weighted by Gasteiger charge is -2.07. The van der Waals surface area contributed by atoms with E-state index in [4.69, 9.17) is 4.42 Å². The van der Waals surface area contributed by atoms with Crippen molar-refractivity contribution in [2.75, 3.05) is 0 Å². The van der Waals surface area contributed by atoms with Crippen LogP contribution in [0.2, 0.25) is 0 Å². The van der Waals surface area contributed by atoms with Crippen molar-refractivity contribution >= 4 is 22.4 Å². The Hall–Kier alpha value is -3.18. The Morgan fingerprint density at radius 2 is 1.96 bits per heavy atom. The molecule has 4 nitrogen and oxygen atoms in total. The number of hydrogen-bond acceptors (Lipinski definition) is 4. The molecule has 0 aliphatic rings. The summed E-state index contributed by atoms with van der Waals surface area (Å²) in [6, 6.07) is 16.6. The highest BCUT2D eigenvalue weighted by atomic mass is 32.1. The molecule has 0 N–H and O–H groups in total. The van der Waals surface area contributed by atoms with E-state index in [1.807, 2.05) is 19.3 Å². The van der Waals surface area contributed by atoms with Crippen LogP contribution in [-0.2, 0) is 0 Å². The standard InChI is InChI=1S/C21H15N3OS/c1-14-23-20(12-26-14)16-3-2-4-18(9-16)24-13-22-19-10-15(5-6-21(19)24)17-7-8-25-11-17/h2-13H,1H3. The van der Waals surface area contributed by atoms with Crippen LogP contribution in [0.15, 0.2) is 77.2 Å². The molecule has 26 heavy (non-hydrogen) atoms. The van der Waals surface area contributed by atoms with Gasteiger partial charge in [-0.1, -0.05) is 18.2 Å². The van der Waals surface area contributed by atoms with Crippen LogP contribution in [0.3, 0.4) is 0 Å². The normalized spacial score (nSPS) is 11.3. The Morgan fingerprint density at radius 1 is 1.00 bits per heavy atom. The number of nitrogens with zero attached hydrogens (tertiary/aromatic N) is 3. The summed E-state index contributed by atoms with van der Waals surface area (Å²) in [6.07, 6.45) is 5.30. The van der Waals surface area contributed by atoms with Gasteiger partial charge in [0.1, 0.15) is 6.33 Å². The second-order valence-electron chi connectivity index (χ2n) is 6.13. The summed E-state index contributed by atoms with van der Waals surface area (Å²) >= 11 is 1.67. The van der Waals surface area contributed by atoms with Crippen LogP contribution in [0.25, 0.3) is 39.1 Å². The molecule has 5 aromatic rings. The van der Waals surface area contributed by atoms with Gasteiger partial charge in [-0.05, 0) is 42.8 Å². The third-order valence-electron chi connectivity index (χ3n) is 4.44. The van der Waals surface area contributed by atoms with E-state index in [2.05, 4.69) is 62.4 Å². The maximum Gasteiger partial charge on any atom is 0.100 e. The molecular formula is C21H15N3OS. The molecule has 0 bridgehead atoms. The first kappa shape index (κ1) is 15.1. The maximum absolute atomic E-state index is 5.18. The molecule has 0 spiro atoms. The molecule has 5 rings (SSSR count). The molecule has 0 unspecified atom stereocenters. The van der Waals surface area contributed by atoms with Crippen LogP contribution in [0, 0.1) is 6.92 Å². The molecule has 0 aliphatic carbocycles. The molecular weight excluding hydrogens is 342 g/mol.